The quantitative estimate of drug-likeness (QED) is 0.579. The normalized spacial score (nSPS) is 14.5. The maximum Gasteiger partial charge on any atom is 0.344 e. The van der Waals surface area contributed by atoms with Crippen molar-refractivity contribution in [1.82, 2.24) is 14.8 Å². The van der Waals surface area contributed by atoms with E-state index in [4.69, 9.17) is 11.1 Å². The van der Waals surface area contributed by atoms with Crippen LogP contribution in [0.5, 0.6) is 0 Å². The van der Waals surface area contributed by atoms with E-state index in [1.807, 2.05) is 12.1 Å². The van der Waals surface area contributed by atoms with Gasteiger partial charge in [-0.3, -0.25) is 9.98 Å². The van der Waals surface area contributed by atoms with Crippen LogP contribution in [0, 0.1) is 5.41 Å². The highest BCUT2D eigenvalue weighted by Crippen LogP contribution is 2.37. The third kappa shape index (κ3) is 2.41. The molecule has 7 heteroatoms. The maximum absolute atomic E-state index is 11.6. The number of hydrogen-bond donors (Lipinski definition) is 3. The van der Waals surface area contributed by atoms with Gasteiger partial charge in [0.05, 0.1) is 0 Å². The van der Waals surface area contributed by atoms with Crippen LogP contribution in [0.4, 0.5) is 0 Å². The van der Waals surface area contributed by atoms with Crippen molar-refractivity contribution in [1.29, 1.82) is 5.41 Å². The first-order valence-electron chi connectivity index (χ1n) is 5.94. The summed E-state index contributed by atoms with van der Waals surface area (Å²) in [5, 5.41) is 14.6. The highest BCUT2D eigenvalue weighted by molar-refractivity contribution is 7.99. The number of nitrogen functional groups attached to an aromatic ring is 1. The van der Waals surface area contributed by atoms with E-state index in [2.05, 4.69) is 10.2 Å². The van der Waals surface area contributed by atoms with Crippen LogP contribution < -0.4 is 11.4 Å². The molecule has 1 aromatic carbocycles. The van der Waals surface area contributed by atoms with Gasteiger partial charge in [0.1, 0.15) is 5.84 Å². The smallest absolute Gasteiger partial charge is 0.344 e. The largest absolute Gasteiger partial charge is 0.384 e. The standard InChI is InChI=1S/C12H13N5OS/c13-10(14)7-1-5-9(6-2-7)19-12-16-15-11(18)17(12)8-3-4-8/h1-2,5-6,8H,3-4H2,(H3,13,14)(H,15,18). The molecule has 1 aromatic heterocycles. The van der Waals surface area contributed by atoms with Crippen LogP contribution in [0.25, 0.3) is 0 Å². The molecule has 1 aliphatic carbocycles. The first kappa shape index (κ1) is 12.0. The van der Waals surface area contributed by atoms with Crippen molar-refractivity contribution in [3.8, 4) is 0 Å². The summed E-state index contributed by atoms with van der Waals surface area (Å²) in [6.07, 6.45) is 2.08. The van der Waals surface area contributed by atoms with Crippen LogP contribution in [0.1, 0.15) is 24.4 Å². The highest BCUT2D eigenvalue weighted by atomic mass is 32.2. The molecule has 3 rings (SSSR count). The lowest BCUT2D eigenvalue weighted by atomic mass is 10.2. The van der Waals surface area contributed by atoms with Gasteiger partial charge in [0, 0.05) is 16.5 Å². The van der Waals surface area contributed by atoms with Crippen LogP contribution in [-0.2, 0) is 0 Å². The van der Waals surface area contributed by atoms with E-state index >= 15 is 0 Å². The van der Waals surface area contributed by atoms with E-state index in [9.17, 15) is 4.79 Å². The summed E-state index contributed by atoms with van der Waals surface area (Å²) in [6, 6.07) is 7.62. The number of nitrogens with two attached hydrogens (primary N) is 1. The molecule has 0 unspecified atom stereocenters. The summed E-state index contributed by atoms with van der Waals surface area (Å²) >= 11 is 1.43. The second kappa shape index (κ2) is 4.58. The summed E-state index contributed by atoms with van der Waals surface area (Å²) in [7, 11) is 0. The van der Waals surface area contributed by atoms with Crippen molar-refractivity contribution in [2.75, 3.05) is 0 Å². The van der Waals surface area contributed by atoms with E-state index in [1.165, 1.54) is 11.8 Å². The number of H-pyrrole nitrogens is 1. The summed E-state index contributed by atoms with van der Waals surface area (Å²) in [5.74, 6) is 0.0474. The number of hydrogen-bond acceptors (Lipinski definition) is 4. The van der Waals surface area contributed by atoms with E-state index in [0.29, 0.717) is 16.8 Å². The molecule has 0 atom stereocenters. The minimum Gasteiger partial charge on any atom is -0.384 e. The van der Waals surface area contributed by atoms with Gasteiger partial charge < -0.3 is 5.73 Å². The molecule has 19 heavy (non-hydrogen) atoms. The molecule has 1 heterocycles. The summed E-state index contributed by atoms with van der Waals surface area (Å²) in [4.78, 5) is 12.6. The SMILES string of the molecule is N=C(N)c1ccc(Sc2n[nH]c(=O)n2C2CC2)cc1. The van der Waals surface area contributed by atoms with E-state index < -0.39 is 0 Å². The molecule has 6 nitrogen and oxygen atoms in total. The fourth-order valence-electron chi connectivity index (χ4n) is 1.82. The van der Waals surface area contributed by atoms with Crippen LogP contribution in [0.15, 0.2) is 39.1 Å². The van der Waals surface area contributed by atoms with Crippen molar-refractivity contribution in [2.24, 2.45) is 5.73 Å². The number of aromatic nitrogens is 3. The Morgan fingerprint density at radius 3 is 2.68 bits per heavy atom. The topological polar surface area (TPSA) is 101 Å². The van der Waals surface area contributed by atoms with Gasteiger partial charge >= 0.3 is 5.69 Å². The average molecular weight is 275 g/mol. The van der Waals surface area contributed by atoms with Crippen molar-refractivity contribution in [2.45, 2.75) is 28.9 Å². The predicted octanol–water partition coefficient (Wildman–Crippen LogP) is 1.34. The number of aromatic amines is 1. The number of nitrogens with one attached hydrogen (secondary N) is 2. The maximum atomic E-state index is 11.6. The second-order valence-corrected chi connectivity index (χ2v) is 5.49. The fourth-order valence-corrected chi connectivity index (χ4v) is 2.73. The summed E-state index contributed by atoms with van der Waals surface area (Å²) in [6.45, 7) is 0. The van der Waals surface area contributed by atoms with Gasteiger partial charge in [0.25, 0.3) is 0 Å². The molecule has 0 spiro atoms. The Kier molecular flexibility index (Phi) is 2.90. The van der Waals surface area contributed by atoms with Gasteiger partial charge in [-0.15, -0.1) is 5.10 Å². The van der Waals surface area contributed by atoms with Gasteiger partial charge in [0.15, 0.2) is 5.16 Å². The molecule has 2 aromatic rings. The summed E-state index contributed by atoms with van der Waals surface area (Å²) in [5.41, 5.74) is 5.94. The molecule has 98 valence electrons. The zero-order chi connectivity index (χ0) is 13.4. The lowest BCUT2D eigenvalue weighted by Crippen LogP contribution is -2.16. The molecular weight excluding hydrogens is 262 g/mol. The lowest BCUT2D eigenvalue weighted by Gasteiger charge is -2.04. The average Bonchev–Trinajstić information content (AvgIpc) is 3.16. The Morgan fingerprint density at radius 2 is 2.11 bits per heavy atom. The third-order valence-electron chi connectivity index (χ3n) is 2.96. The second-order valence-electron chi connectivity index (χ2n) is 4.45. The molecule has 1 fully saturated rings. The van der Waals surface area contributed by atoms with Crippen LogP contribution in [-0.4, -0.2) is 20.6 Å². The molecule has 1 saturated carbocycles. The van der Waals surface area contributed by atoms with Crippen molar-refractivity contribution in [3.05, 3.63) is 40.3 Å². The fraction of sp³-hybridized carbons (Fsp3) is 0.250. The Hall–Kier alpha value is -2.02. The molecule has 0 bridgehead atoms. The molecular formula is C12H13N5OS. The van der Waals surface area contributed by atoms with Crippen LogP contribution in [0.2, 0.25) is 0 Å². The zero-order valence-corrected chi connectivity index (χ0v) is 10.9. The van der Waals surface area contributed by atoms with E-state index in [-0.39, 0.29) is 11.5 Å². The monoisotopic (exact) mass is 275 g/mol. The van der Waals surface area contributed by atoms with E-state index in [1.54, 1.807) is 16.7 Å². The Bertz CT molecular complexity index is 668. The van der Waals surface area contributed by atoms with Gasteiger partial charge in [-0.1, -0.05) is 12.1 Å². The highest BCUT2D eigenvalue weighted by Gasteiger charge is 2.28. The lowest BCUT2D eigenvalue weighted by molar-refractivity contribution is 0.642. The minimum absolute atomic E-state index is 0.0474. The molecule has 4 N–H and O–H groups in total. The Balaban J connectivity index is 1.85. The molecule has 0 aliphatic heterocycles. The number of amidine groups is 1. The third-order valence-corrected chi connectivity index (χ3v) is 3.94. The van der Waals surface area contributed by atoms with E-state index in [0.717, 1.165) is 17.7 Å². The Morgan fingerprint density at radius 1 is 1.42 bits per heavy atom. The van der Waals surface area contributed by atoms with Crippen molar-refractivity contribution >= 4 is 17.6 Å². The van der Waals surface area contributed by atoms with Gasteiger partial charge in [-0.2, -0.15) is 0 Å². The summed E-state index contributed by atoms with van der Waals surface area (Å²) < 4.78 is 1.71. The molecule has 0 amide bonds. The number of nitrogens with zero attached hydrogens (tertiary/aromatic N) is 2. The zero-order valence-electron chi connectivity index (χ0n) is 10.1. The van der Waals surface area contributed by atoms with Crippen molar-refractivity contribution in [3.63, 3.8) is 0 Å². The van der Waals surface area contributed by atoms with Crippen LogP contribution >= 0.6 is 11.8 Å². The van der Waals surface area contributed by atoms with Gasteiger partial charge in [0.2, 0.25) is 0 Å². The molecule has 0 saturated heterocycles. The first-order valence-corrected chi connectivity index (χ1v) is 6.76. The molecule has 1 aliphatic rings. The van der Waals surface area contributed by atoms with Crippen molar-refractivity contribution < 1.29 is 0 Å². The minimum atomic E-state index is -0.148. The number of rotatable bonds is 4. The first-order chi connectivity index (χ1) is 9.15. The predicted molar refractivity (Wildman–Crippen MR) is 72.7 cm³/mol. The molecule has 0 radical (unpaired) electrons. The van der Waals surface area contributed by atoms with Crippen LogP contribution in [0.3, 0.4) is 0 Å². The van der Waals surface area contributed by atoms with Gasteiger partial charge in [-0.25, -0.2) is 9.89 Å². The Labute approximate surface area is 113 Å². The van der Waals surface area contributed by atoms with Gasteiger partial charge in [-0.05, 0) is 36.7 Å². The number of benzene rings is 1.